The molecule has 0 aliphatic carbocycles. The number of carbonyl (C=O) groups excluding carboxylic acids is 1. The van der Waals surface area contributed by atoms with E-state index < -0.39 is 5.60 Å². The number of benzene rings is 1. The highest BCUT2D eigenvalue weighted by Crippen LogP contribution is 2.13. The van der Waals surface area contributed by atoms with E-state index in [-0.39, 0.29) is 18.5 Å². The molecule has 2 N–H and O–H groups in total. The molecule has 1 aromatic carbocycles. The lowest BCUT2D eigenvalue weighted by molar-refractivity contribution is -0.123. The maximum absolute atomic E-state index is 12.0. The molecule has 4 nitrogen and oxygen atoms in total. The molecule has 0 aliphatic rings. The molecule has 1 atom stereocenters. The summed E-state index contributed by atoms with van der Waals surface area (Å²) in [6.45, 7) is 8.31. The Morgan fingerprint density at radius 3 is 2.38 bits per heavy atom. The molecule has 0 fully saturated rings. The SMILES string of the molecule is CCc1ccc(C(C)NC(=O)CN(C)CC(C)(C)O)cc1. The molecule has 4 heteroatoms. The highest BCUT2D eigenvalue weighted by molar-refractivity contribution is 5.78. The van der Waals surface area contributed by atoms with Crippen molar-refractivity contribution in [2.75, 3.05) is 20.1 Å². The second-order valence-electron chi connectivity index (χ2n) is 6.37. The third-order valence-electron chi connectivity index (χ3n) is 3.34. The first kappa shape index (κ1) is 17.7. The van der Waals surface area contributed by atoms with Crippen molar-refractivity contribution in [1.29, 1.82) is 0 Å². The predicted octanol–water partition coefficient (Wildman–Crippen LogP) is 2.13. The van der Waals surface area contributed by atoms with E-state index in [1.54, 1.807) is 13.8 Å². The molecule has 1 amide bonds. The van der Waals surface area contributed by atoms with Gasteiger partial charge in [0, 0.05) is 6.54 Å². The van der Waals surface area contributed by atoms with Crippen molar-refractivity contribution in [3.63, 3.8) is 0 Å². The van der Waals surface area contributed by atoms with Crippen molar-refractivity contribution >= 4 is 5.91 Å². The lowest BCUT2D eigenvalue weighted by Gasteiger charge is -2.25. The first-order valence-electron chi connectivity index (χ1n) is 7.50. The van der Waals surface area contributed by atoms with Gasteiger partial charge in [-0.05, 0) is 45.4 Å². The number of aryl methyl sites for hydroxylation is 1. The molecule has 0 radical (unpaired) electrons. The fraction of sp³-hybridized carbons (Fsp3) is 0.588. The van der Waals surface area contributed by atoms with E-state index in [4.69, 9.17) is 0 Å². The third kappa shape index (κ3) is 6.74. The standard InChI is InChI=1S/C17H28N2O2/c1-6-14-7-9-15(10-8-14)13(2)18-16(20)11-19(5)12-17(3,4)21/h7-10,13,21H,6,11-12H2,1-5H3,(H,18,20). The third-order valence-corrected chi connectivity index (χ3v) is 3.34. The summed E-state index contributed by atoms with van der Waals surface area (Å²) >= 11 is 0. The minimum atomic E-state index is -0.795. The van der Waals surface area contributed by atoms with Crippen LogP contribution in [0.15, 0.2) is 24.3 Å². The van der Waals surface area contributed by atoms with E-state index in [1.165, 1.54) is 5.56 Å². The van der Waals surface area contributed by atoms with Gasteiger partial charge in [-0.2, -0.15) is 0 Å². The van der Waals surface area contributed by atoms with Crippen molar-refractivity contribution in [3.8, 4) is 0 Å². The van der Waals surface area contributed by atoms with Crippen molar-refractivity contribution in [2.24, 2.45) is 0 Å². The first-order chi connectivity index (χ1) is 9.71. The summed E-state index contributed by atoms with van der Waals surface area (Å²) in [6, 6.07) is 8.30. The van der Waals surface area contributed by atoms with E-state index in [0.29, 0.717) is 6.54 Å². The number of nitrogens with zero attached hydrogens (tertiary/aromatic N) is 1. The quantitative estimate of drug-likeness (QED) is 0.809. The largest absolute Gasteiger partial charge is 0.389 e. The Hall–Kier alpha value is -1.39. The highest BCUT2D eigenvalue weighted by atomic mass is 16.3. The Balaban J connectivity index is 2.49. The smallest absolute Gasteiger partial charge is 0.234 e. The van der Waals surface area contributed by atoms with Gasteiger partial charge < -0.3 is 10.4 Å². The second-order valence-corrected chi connectivity index (χ2v) is 6.37. The molecule has 118 valence electrons. The van der Waals surface area contributed by atoms with Gasteiger partial charge in [0.05, 0.1) is 18.2 Å². The summed E-state index contributed by atoms with van der Waals surface area (Å²) in [7, 11) is 1.83. The Kier molecular flexibility index (Phi) is 6.37. The summed E-state index contributed by atoms with van der Waals surface area (Å²) in [6.07, 6.45) is 1.02. The summed E-state index contributed by atoms with van der Waals surface area (Å²) in [4.78, 5) is 13.8. The number of aliphatic hydroxyl groups is 1. The molecule has 0 bridgehead atoms. The number of nitrogens with one attached hydrogen (secondary N) is 1. The second kappa shape index (κ2) is 7.57. The van der Waals surface area contributed by atoms with E-state index in [9.17, 15) is 9.90 Å². The number of carbonyl (C=O) groups is 1. The van der Waals surface area contributed by atoms with Crippen LogP contribution in [0.4, 0.5) is 0 Å². The maximum atomic E-state index is 12.0. The van der Waals surface area contributed by atoms with Crippen molar-refractivity contribution < 1.29 is 9.90 Å². The van der Waals surface area contributed by atoms with E-state index in [1.807, 2.05) is 18.9 Å². The van der Waals surface area contributed by atoms with E-state index in [0.717, 1.165) is 12.0 Å². The number of rotatable bonds is 7. The summed E-state index contributed by atoms with van der Waals surface area (Å²) in [5.41, 5.74) is 1.60. The molecular weight excluding hydrogens is 264 g/mol. The molecule has 1 unspecified atom stereocenters. The first-order valence-corrected chi connectivity index (χ1v) is 7.50. The van der Waals surface area contributed by atoms with Crippen LogP contribution in [-0.2, 0) is 11.2 Å². The Bertz CT molecular complexity index is 449. The van der Waals surface area contributed by atoms with Crippen LogP contribution in [0.3, 0.4) is 0 Å². The van der Waals surface area contributed by atoms with Crippen molar-refractivity contribution in [2.45, 2.75) is 45.8 Å². The number of hydrogen-bond acceptors (Lipinski definition) is 3. The predicted molar refractivity (Wildman–Crippen MR) is 86.2 cm³/mol. The molecule has 1 aromatic rings. The zero-order chi connectivity index (χ0) is 16.0. The van der Waals surface area contributed by atoms with Gasteiger partial charge in [0.25, 0.3) is 0 Å². The van der Waals surface area contributed by atoms with Gasteiger partial charge in [-0.25, -0.2) is 0 Å². The molecule has 1 rings (SSSR count). The van der Waals surface area contributed by atoms with Gasteiger partial charge in [-0.15, -0.1) is 0 Å². The zero-order valence-electron chi connectivity index (χ0n) is 13.8. The van der Waals surface area contributed by atoms with Crippen LogP contribution in [0.1, 0.15) is 44.9 Å². The van der Waals surface area contributed by atoms with Gasteiger partial charge in [-0.3, -0.25) is 9.69 Å². The lowest BCUT2D eigenvalue weighted by Crippen LogP contribution is -2.42. The lowest BCUT2D eigenvalue weighted by atomic mass is 10.0. The normalized spacial score (nSPS) is 13.3. The minimum absolute atomic E-state index is 0.0149. The van der Waals surface area contributed by atoms with Gasteiger partial charge in [0.15, 0.2) is 0 Å². The zero-order valence-corrected chi connectivity index (χ0v) is 13.8. The molecular formula is C17H28N2O2. The Morgan fingerprint density at radius 1 is 1.33 bits per heavy atom. The van der Waals surface area contributed by atoms with E-state index in [2.05, 4.69) is 36.5 Å². The van der Waals surface area contributed by atoms with Crippen molar-refractivity contribution in [3.05, 3.63) is 35.4 Å². The summed E-state index contributed by atoms with van der Waals surface area (Å²) in [5, 5.41) is 12.7. The molecule has 0 saturated heterocycles. The fourth-order valence-electron chi connectivity index (χ4n) is 2.37. The molecule has 0 saturated carbocycles. The van der Waals surface area contributed by atoms with Gasteiger partial charge in [0.2, 0.25) is 5.91 Å². The van der Waals surface area contributed by atoms with Crippen LogP contribution in [0, 0.1) is 0 Å². The minimum Gasteiger partial charge on any atom is -0.389 e. The average molecular weight is 292 g/mol. The van der Waals surface area contributed by atoms with Crippen LogP contribution in [0.25, 0.3) is 0 Å². The van der Waals surface area contributed by atoms with Crippen LogP contribution in [0.2, 0.25) is 0 Å². The highest BCUT2D eigenvalue weighted by Gasteiger charge is 2.18. The fourth-order valence-corrected chi connectivity index (χ4v) is 2.37. The summed E-state index contributed by atoms with van der Waals surface area (Å²) in [5.74, 6) is -0.0335. The van der Waals surface area contributed by atoms with Crippen LogP contribution in [-0.4, -0.2) is 41.7 Å². The number of likely N-dealkylation sites (N-methyl/N-ethyl adjacent to an activating group) is 1. The Morgan fingerprint density at radius 2 is 1.90 bits per heavy atom. The monoisotopic (exact) mass is 292 g/mol. The topological polar surface area (TPSA) is 52.6 Å². The molecule has 21 heavy (non-hydrogen) atoms. The van der Waals surface area contributed by atoms with Gasteiger partial charge in [0.1, 0.15) is 0 Å². The molecule has 0 heterocycles. The number of amides is 1. The molecule has 0 aromatic heterocycles. The summed E-state index contributed by atoms with van der Waals surface area (Å²) < 4.78 is 0. The van der Waals surface area contributed by atoms with Crippen molar-refractivity contribution in [1.82, 2.24) is 10.2 Å². The van der Waals surface area contributed by atoms with E-state index >= 15 is 0 Å². The van der Waals surface area contributed by atoms with Gasteiger partial charge >= 0.3 is 0 Å². The maximum Gasteiger partial charge on any atom is 0.234 e. The molecule has 0 aliphatic heterocycles. The van der Waals surface area contributed by atoms with Crippen LogP contribution in [0.5, 0.6) is 0 Å². The number of hydrogen-bond donors (Lipinski definition) is 2. The Labute approximate surface area is 128 Å². The van der Waals surface area contributed by atoms with Crippen LogP contribution < -0.4 is 5.32 Å². The van der Waals surface area contributed by atoms with Gasteiger partial charge in [-0.1, -0.05) is 31.2 Å². The molecule has 0 spiro atoms. The average Bonchev–Trinajstić information content (AvgIpc) is 2.36. The van der Waals surface area contributed by atoms with Crippen LogP contribution >= 0.6 is 0 Å².